The van der Waals surface area contributed by atoms with Gasteiger partial charge in [-0.2, -0.15) is 0 Å². The molecule has 3 N–H and O–H groups in total. The molecule has 0 heterocycles. The summed E-state index contributed by atoms with van der Waals surface area (Å²) >= 11 is 0. The van der Waals surface area contributed by atoms with Gasteiger partial charge in [0.25, 0.3) is 0 Å². The lowest BCUT2D eigenvalue weighted by Crippen LogP contribution is -2.30. The van der Waals surface area contributed by atoms with Crippen molar-refractivity contribution in [2.45, 2.75) is 45.1 Å². The maximum absolute atomic E-state index is 7.36. The van der Waals surface area contributed by atoms with E-state index in [9.17, 15) is 0 Å². The average Bonchev–Trinajstić information content (AvgIpc) is 2.43. The molecule has 0 unspecified atom stereocenters. The van der Waals surface area contributed by atoms with Gasteiger partial charge in [-0.15, -0.1) is 0 Å². The van der Waals surface area contributed by atoms with E-state index in [1.54, 1.807) is 0 Å². The largest absolute Gasteiger partial charge is 0.386 e. The Bertz CT molecular complexity index is 326. The van der Waals surface area contributed by atoms with E-state index in [0.29, 0.717) is 24.2 Å². The quantitative estimate of drug-likeness (QED) is 0.515. The first kappa shape index (κ1) is 14.4. The summed E-state index contributed by atoms with van der Waals surface area (Å²) in [6.45, 7) is 6.02. The third-order valence-electron chi connectivity index (χ3n) is 2.95. The molecule has 0 saturated heterocycles. The van der Waals surface area contributed by atoms with Crippen molar-refractivity contribution in [3.8, 4) is 0 Å². The van der Waals surface area contributed by atoms with Crippen molar-refractivity contribution in [3.63, 3.8) is 0 Å². The van der Waals surface area contributed by atoms with E-state index in [1.165, 1.54) is 38.3 Å². The fourth-order valence-corrected chi connectivity index (χ4v) is 2.00. The molecule has 1 rings (SSSR count). The number of hydrogen-bond donors (Lipinski definition) is 3. The normalized spacial score (nSPS) is 18.3. The number of nitrogens with one attached hydrogen (secondary N) is 3. The zero-order chi connectivity index (χ0) is 13.2. The fourth-order valence-electron chi connectivity index (χ4n) is 2.00. The van der Waals surface area contributed by atoms with Crippen LogP contribution in [-0.2, 0) is 0 Å². The molecule has 0 bridgehead atoms. The number of hydrogen-bond acceptors (Lipinski definition) is 3. The third kappa shape index (κ3) is 5.12. The van der Waals surface area contributed by atoms with Gasteiger partial charge in [0.2, 0.25) is 5.96 Å². The second-order valence-corrected chi connectivity index (χ2v) is 4.33. The van der Waals surface area contributed by atoms with Crippen LogP contribution in [0.4, 0.5) is 0 Å². The molecule has 18 heavy (non-hydrogen) atoms. The van der Waals surface area contributed by atoms with E-state index in [1.807, 2.05) is 13.1 Å². The van der Waals surface area contributed by atoms with Crippen LogP contribution in [0, 0.1) is 5.41 Å². The predicted molar refractivity (Wildman–Crippen MR) is 77.5 cm³/mol. The topological polar surface area (TPSA) is 72.6 Å². The lowest BCUT2D eigenvalue weighted by Gasteiger charge is -2.22. The summed E-state index contributed by atoms with van der Waals surface area (Å²) in [4.78, 5) is 7.91. The molecule has 0 aromatic carbocycles. The Morgan fingerprint density at radius 3 is 2.67 bits per heavy atom. The van der Waals surface area contributed by atoms with Gasteiger partial charge in [-0.25, -0.2) is 4.99 Å². The van der Waals surface area contributed by atoms with E-state index in [2.05, 4.69) is 27.3 Å². The minimum atomic E-state index is 0.456. The van der Waals surface area contributed by atoms with Crippen molar-refractivity contribution in [2.75, 3.05) is 6.54 Å². The number of allylic oxidation sites excluding steroid dienone is 1. The Kier molecular flexibility index (Phi) is 6.76. The zero-order valence-corrected chi connectivity index (χ0v) is 11.1. The molecule has 0 spiro atoms. The van der Waals surface area contributed by atoms with Crippen molar-refractivity contribution in [3.05, 3.63) is 11.9 Å². The summed E-state index contributed by atoms with van der Waals surface area (Å²) in [5.74, 6) is 0.456. The van der Waals surface area contributed by atoms with Gasteiger partial charge in [-0.3, -0.25) is 4.99 Å². The van der Waals surface area contributed by atoms with Crippen LogP contribution in [0.3, 0.4) is 0 Å². The Labute approximate surface area is 109 Å². The molecular weight excluding hydrogens is 226 g/mol. The van der Waals surface area contributed by atoms with Crippen molar-refractivity contribution in [2.24, 2.45) is 9.98 Å². The van der Waals surface area contributed by atoms with Crippen molar-refractivity contribution >= 4 is 18.9 Å². The van der Waals surface area contributed by atoms with Gasteiger partial charge >= 0.3 is 0 Å². The lowest BCUT2D eigenvalue weighted by molar-refractivity contribution is 0.404. The minimum absolute atomic E-state index is 0.456. The van der Waals surface area contributed by atoms with Crippen LogP contribution in [0.2, 0.25) is 0 Å². The number of guanidine groups is 1. The minimum Gasteiger partial charge on any atom is -0.386 e. The Morgan fingerprint density at radius 1 is 1.39 bits per heavy atom. The monoisotopic (exact) mass is 249 g/mol. The van der Waals surface area contributed by atoms with E-state index < -0.39 is 0 Å². The van der Waals surface area contributed by atoms with Crippen molar-refractivity contribution < 1.29 is 0 Å². The number of rotatable bonds is 5. The maximum atomic E-state index is 7.36. The Hall–Kier alpha value is -1.65. The molecule has 1 fully saturated rings. The third-order valence-corrected chi connectivity index (χ3v) is 2.95. The van der Waals surface area contributed by atoms with Gasteiger partial charge in [0.15, 0.2) is 0 Å². The summed E-state index contributed by atoms with van der Waals surface area (Å²) in [7, 11) is 0. The molecule has 1 saturated carbocycles. The van der Waals surface area contributed by atoms with Gasteiger partial charge in [-0.1, -0.05) is 19.3 Å². The van der Waals surface area contributed by atoms with Gasteiger partial charge in [0.1, 0.15) is 0 Å². The first-order valence-corrected chi connectivity index (χ1v) is 6.55. The van der Waals surface area contributed by atoms with Crippen LogP contribution in [0.15, 0.2) is 21.9 Å². The molecular formula is C13H23N5. The van der Waals surface area contributed by atoms with Crippen LogP contribution in [-0.4, -0.2) is 31.5 Å². The van der Waals surface area contributed by atoms with Crippen molar-refractivity contribution in [1.29, 1.82) is 5.41 Å². The van der Waals surface area contributed by atoms with E-state index in [-0.39, 0.29) is 0 Å². The summed E-state index contributed by atoms with van der Waals surface area (Å²) in [5.41, 5.74) is 0.653. The number of aliphatic imine (C=N–C) groups is 2. The Morgan fingerprint density at radius 2 is 2.11 bits per heavy atom. The first-order valence-electron chi connectivity index (χ1n) is 6.55. The molecule has 0 radical (unpaired) electrons. The average molecular weight is 249 g/mol. The maximum Gasteiger partial charge on any atom is 0.221 e. The second-order valence-electron chi connectivity index (χ2n) is 4.33. The smallest absolute Gasteiger partial charge is 0.221 e. The molecule has 1 aliphatic carbocycles. The van der Waals surface area contributed by atoms with Gasteiger partial charge < -0.3 is 16.0 Å². The van der Waals surface area contributed by atoms with Gasteiger partial charge in [0.05, 0.1) is 5.70 Å². The number of nitrogens with zero attached hydrogens (tertiary/aromatic N) is 2. The fraction of sp³-hybridized carbons (Fsp3) is 0.615. The molecule has 1 aliphatic rings. The molecule has 0 atom stereocenters. The molecule has 0 aliphatic heterocycles. The predicted octanol–water partition coefficient (Wildman–Crippen LogP) is 2.07. The Balaban J connectivity index is 2.50. The summed E-state index contributed by atoms with van der Waals surface area (Å²) in [5, 5.41) is 13.7. The van der Waals surface area contributed by atoms with Crippen LogP contribution in [0.5, 0.6) is 0 Å². The van der Waals surface area contributed by atoms with Gasteiger partial charge in [-0.05, 0) is 26.5 Å². The summed E-state index contributed by atoms with van der Waals surface area (Å²) < 4.78 is 0. The van der Waals surface area contributed by atoms with Crippen LogP contribution in [0.25, 0.3) is 0 Å². The SMILES string of the molecule is C=N/C(=N\CC)N/C(C=N)=C/NC1CCCCC1. The highest BCUT2D eigenvalue weighted by Gasteiger charge is 2.11. The second kappa shape index (κ2) is 8.44. The molecule has 5 heteroatoms. The van der Waals surface area contributed by atoms with E-state index in [0.717, 1.165) is 0 Å². The summed E-state index contributed by atoms with van der Waals surface area (Å²) in [6.07, 6.45) is 9.41. The van der Waals surface area contributed by atoms with Crippen molar-refractivity contribution in [1.82, 2.24) is 10.6 Å². The molecule has 0 aromatic heterocycles. The highest BCUT2D eigenvalue weighted by molar-refractivity contribution is 5.91. The highest BCUT2D eigenvalue weighted by atomic mass is 15.1. The molecule has 0 amide bonds. The van der Waals surface area contributed by atoms with E-state index in [4.69, 9.17) is 5.41 Å². The molecule has 0 aromatic rings. The lowest BCUT2D eigenvalue weighted by atomic mass is 9.96. The van der Waals surface area contributed by atoms with Crippen LogP contribution in [0.1, 0.15) is 39.0 Å². The molecule has 100 valence electrons. The van der Waals surface area contributed by atoms with Crippen LogP contribution < -0.4 is 10.6 Å². The summed E-state index contributed by atoms with van der Waals surface area (Å²) in [6, 6.07) is 0.527. The van der Waals surface area contributed by atoms with E-state index >= 15 is 0 Å². The molecule has 5 nitrogen and oxygen atoms in total. The first-order chi connectivity index (χ1) is 8.80. The zero-order valence-electron chi connectivity index (χ0n) is 11.1. The van der Waals surface area contributed by atoms with Crippen LogP contribution >= 0.6 is 0 Å². The standard InChI is InChI=1S/C13H23N5/c1-3-16-13(15-2)18-12(9-14)10-17-11-7-5-4-6-8-11/h9-11,14,17H,2-8H2,1H3,(H,16,18)/b12-10+,14-9?. The van der Waals surface area contributed by atoms with Gasteiger partial charge in [0, 0.05) is 25.0 Å². The highest BCUT2D eigenvalue weighted by Crippen LogP contribution is 2.17.